The Hall–Kier alpha value is -1.32. The Morgan fingerprint density at radius 1 is 1.69 bits per heavy atom. The van der Waals surface area contributed by atoms with Gasteiger partial charge in [0, 0.05) is 5.69 Å². The lowest BCUT2D eigenvalue weighted by Gasteiger charge is -2.08. The van der Waals surface area contributed by atoms with Crippen LogP contribution >= 0.6 is 0 Å². The largest absolute Gasteiger partial charge is 0.369 e. The number of carbonyl (C=O) groups excluding carboxylic acids is 1. The van der Waals surface area contributed by atoms with Crippen LogP contribution in [0.2, 0.25) is 0 Å². The van der Waals surface area contributed by atoms with Gasteiger partial charge in [-0.25, -0.2) is 0 Å². The van der Waals surface area contributed by atoms with Crippen LogP contribution in [0.5, 0.6) is 0 Å². The van der Waals surface area contributed by atoms with Crippen molar-refractivity contribution in [1.82, 2.24) is 9.78 Å². The number of hydrogen-bond donors (Lipinski definition) is 1. The van der Waals surface area contributed by atoms with Crippen molar-refractivity contribution in [1.29, 1.82) is 0 Å². The molecule has 0 saturated carbocycles. The first-order valence-electron chi connectivity index (χ1n) is 4.31. The Morgan fingerprint density at radius 3 is 2.69 bits per heavy atom. The maximum Gasteiger partial charge on any atom is 0.222 e. The van der Waals surface area contributed by atoms with Gasteiger partial charge in [0.15, 0.2) is 0 Å². The molecule has 1 aromatic heterocycles. The van der Waals surface area contributed by atoms with E-state index in [1.807, 2.05) is 24.6 Å². The summed E-state index contributed by atoms with van der Waals surface area (Å²) in [6.45, 7) is 6.26. The van der Waals surface area contributed by atoms with Crippen molar-refractivity contribution in [3.8, 4) is 0 Å². The van der Waals surface area contributed by atoms with Crippen LogP contribution in [0.15, 0.2) is 6.07 Å². The van der Waals surface area contributed by atoms with Gasteiger partial charge in [0.25, 0.3) is 0 Å². The average Bonchev–Trinajstić information content (AvgIpc) is 2.30. The molecule has 4 nitrogen and oxygen atoms in total. The topological polar surface area (TPSA) is 60.9 Å². The van der Waals surface area contributed by atoms with Crippen molar-refractivity contribution in [2.45, 2.75) is 27.3 Å². The highest BCUT2D eigenvalue weighted by atomic mass is 16.1. The Bertz CT molecular complexity index is 317. The van der Waals surface area contributed by atoms with Crippen LogP contribution in [-0.2, 0) is 11.3 Å². The minimum Gasteiger partial charge on any atom is -0.369 e. The third-order valence-corrected chi connectivity index (χ3v) is 2.04. The van der Waals surface area contributed by atoms with Crippen LogP contribution < -0.4 is 5.73 Å². The van der Waals surface area contributed by atoms with Gasteiger partial charge in [-0.15, -0.1) is 0 Å². The van der Waals surface area contributed by atoms with Crippen LogP contribution in [0.3, 0.4) is 0 Å². The summed E-state index contributed by atoms with van der Waals surface area (Å²) in [7, 11) is 0. The molecule has 0 bridgehead atoms. The van der Waals surface area contributed by atoms with Gasteiger partial charge in [0.05, 0.1) is 18.2 Å². The Balaban J connectivity index is 2.74. The zero-order valence-electron chi connectivity index (χ0n) is 8.24. The van der Waals surface area contributed by atoms with Gasteiger partial charge in [-0.05, 0) is 19.9 Å². The summed E-state index contributed by atoms with van der Waals surface area (Å²) in [6.07, 6.45) is 0. The predicted octanol–water partition coefficient (Wildman–Crippen LogP) is 0.621. The molecular weight excluding hydrogens is 166 g/mol. The number of aryl methyl sites for hydroxylation is 2. The standard InChI is InChI=1S/C9H15N3O/c1-6(9(10)13)5-12-8(3)4-7(2)11-12/h4,6H,5H2,1-3H3,(H2,10,13). The van der Waals surface area contributed by atoms with Crippen LogP contribution in [0.1, 0.15) is 18.3 Å². The van der Waals surface area contributed by atoms with Crippen molar-refractivity contribution in [2.75, 3.05) is 0 Å². The molecule has 0 aliphatic carbocycles. The second kappa shape index (κ2) is 3.60. The second-order valence-corrected chi connectivity index (χ2v) is 3.41. The van der Waals surface area contributed by atoms with E-state index in [1.54, 1.807) is 6.92 Å². The zero-order chi connectivity index (χ0) is 10.0. The van der Waals surface area contributed by atoms with Gasteiger partial charge in [-0.1, -0.05) is 6.92 Å². The molecule has 0 fully saturated rings. The first kappa shape index (κ1) is 9.77. The number of aromatic nitrogens is 2. The highest BCUT2D eigenvalue weighted by Crippen LogP contribution is 2.05. The lowest BCUT2D eigenvalue weighted by molar-refractivity contribution is -0.121. The third kappa shape index (κ3) is 2.31. The van der Waals surface area contributed by atoms with E-state index >= 15 is 0 Å². The molecule has 4 heteroatoms. The molecule has 1 atom stereocenters. The first-order chi connectivity index (χ1) is 6.00. The number of primary amides is 1. The van der Waals surface area contributed by atoms with Crippen LogP contribution in [0.25, 0.3) is 0 Å². The van der Waals surface area contributed by atoms with Crippen molar-refractivity contribution >= 4 is 5.91 Å². The molecule has 1 amide bonds. The minimum atomic E-state index is -0.285. The molecule has 13 heavy (non-hydrogen) atoms. The van der Waals surface area contributed by atoms with Gasteiger partial charge in [-0.3, -0.25) is 9.48 Å². The van der Waals surface area contributed by atoms with Gasteiger partial charge >= 0.3 is 0 Å². The summed E-state index contributed by atoms with van der Waals surface area (Å²) in [5.41, 5.74) is 7.19. The molecule has 72 valence electrons. The van der Waals surface area contributed by atoms with Gasteiger partial charge in [0.2, 0.25) is 5.91 Å². The fraction of sp³-hybridized carbons (Fsp3) is 0.556. The molecule has 0 aliphatic heterocycles. The van der Waals surface area contributed by atoms with Crippen molar-refractivity contribution in [2.24, 2.45) is 11.7 Å². The third-order valence-electron chi connectivity index (χ3n) is 2.04. The molecule has 0 saturated heterocycles. The molecule has 0 spiro atoms. The van der Waals surface area contributed by atoms with Crippen LogP contribution in [-0.4, -0.2) is 15.7 Å². The number of hydrogen-bond acceptors (Lipinski definition) is 2. The van der Waals surface area contributed by atoms with Crippen LogP contribution in [0, 0.1) is 19.8 Å². The minimum absolute atomic E-state index is 0.169. The molecule has 1 unspecified atom stereocenters. The number of rotatable bonds is 3. The summed E-state index contributed by atoms with van der Waals surface area (Å²) in [5.74, 6) is -0.453. The van der Waals surface area contributed by atoms with E-state index in [2.05, 4.69) is 5.10 Å². The number of carbonyl (C=O) groups is 1. The Morgan fingerprint density at radius 2 is 2.31 bits per heavy atom. The summed E-state index contributed by atoms with van der Waals surface area (Å²) in [5, 5.41) is 4.24. The van der Waals surface area contributed by atoms with E-state index < -0.39 is 0 Å². The lowest BCUT2D eigenvalue weighted by Crippen LogP contribution is -2.25. The normalized spacial score (nSPS) is 12.8. The summed E-state index contributed by atoms with van der Waals surface area (Å²) >= 11 is 0. The molecule has 0 aromatic carbocycles. The van der Waals surface area contributed by atoms with Crippen molar-refractivity contribution in [3.63, 3.8) is 0 Å². The fourth-order valence-electron chi connectivity index (χ4n) is 1.21. The summed E-state index contributed by atoms with van der Waals surface area (Å²) in [4.78, 5) is 10.8. The molecule has 1 heterocycles. The molecule has 0 radical (unpaired) electrons. The summed E-state index contributed by atoms with van der Waals surface area (Å²) < 4.78 is 1.81. The first-order valence-corrected chi connectivity index (χ1v) is 4.31. The van der Waals surface area contributed by atoms with Crippen molar-refractivity contribution in [3.05, 3.63) is 17.5 Å². The predicted molar refractivity (Wildman–Crippen MR) is 50.1 cm³/mol. The van der Waals surface area contributed by atoms with E-state index in [1.165, 1.54) is 0 Å². The van der Waals surface area contributed by atoms with E-state index in [9.17, 15) is 4.79 Å². The molecule has 0 aliphatic rings. The SMILES string of the molecule is Cc1cc(C)n(CC(C)C(N)=O)n1. The Kier molecular flexibility index (Phi) is 2.70. The maximum absolute atomic E-state index is 10.8. The molecular formula is C9H15N3O. The number of amides is 1. The van der Waals surface area contributed by atoms with E-state index in [-0.39, 0.29) is 11.8 Å². The smallest absolute Gasteiger partial charge is 0.222 e. The molecule has 1 aromatic rings. The fourth-order valence-corrected chi connectivity index (χ4v) is 1.21. The number of nitrogens with two attached hydrogens (primary N) is 1. The van der Waals surface area contributed by atoms with E-state index in [0.29, 0.717) is 6.54 Å². The molecule has 2 N–H and O–H groups in total. The van der Waals surface area contributed by atoms with Gasteiger partial charge < -0.3 is 5.73 Å². The maximum atomic E-state index is 10.8. The van der Waals surface area contributed by atoms with Gasteiger partial charge in [0.1, 0.15) is 0 Å². The van der Waals surface area contributed by atoms with E-state index in [0.717, 1.165) is 11.4 Å². The van der Waals surface area contributed by atoms with Crippen LogP contribution in [0.4, 0.5) is 0 Å². The van der Waals surface area contributed by atoms with Crippen molar-refractivity contribution < 1.29 is 4.79 Å². The monoisotopic (exact) mass is 181 g/mol. The Labute approximate surface area is 77.7 Å². The highest BCUT2D eigenvalue weighted by molar-refractivity contribution is 5.76. The quantitative estimate of drug-likeness (QED) is 0.743. The number of nitrogens with zero attached hydrogens (tertiary/aromatic N) is 2. The van der Waals surface area contributed by atoms with E-state index in [4.69, 9.17) is 5.73 Å². The zero-order valence-corrected chi connectivity index (χ0v) is 8.24. The molecule has 1 rings (SSSR count). The summed E-state index contributed by atoms with van der Waals surface area (Å²) in [6, 6.07) is 1.98. The lowest BCUT2D eigenvalue weighted by atomic mass is 10.2. The highest BCUT2D eigenvalue weighted by Gasteiger charge is 2.11. The average molecular weight is 181 g/mol. The van der Waals surface area contributed by atoms with Gasteiger partial charge in [-0.2, -0.15) is 5.10 Å². The second-order valence-electron chi connectivity index (χ2n) is 3.41.